The largest absolute Gasteiger partial charge is 0.439 e. The van der Waals surface area contributed by atoms with E-state index in [0.29, 0.717) is 23.0 Å². The summed E-state index contributed by atoms with van der Waals surface area (Å²) in [5, 5.41) is 14.3. The zero-order chi connectivity index (χ0) is 19.5. The molecule has 4 aromatic rings. The van der Waals surface area contributed by atoms with Crippen LogP contribution < -0.4 is 15.6 Å². The molecular formula is C19H13N5O4. The third-order valence-electron chi connectivity index (χ3n) is 3.85. The molecule has 3 aromatic heterocycles. The molecule has 1 aromatic carbocycles. The molecule has 1 N–H and O–H groups in total. The second-order valence-corrected chi connectivity index (χ2v) is 5.72. The van der Waals surface area contributed by atoms with Crippen molar-refractivity contribution in [2.75, 3.05) is 5.32 Å². The summed E-state index contributed by atoms with van der Waals surface area (Å²) < 4.78 is 6.79. The van der Waals surface area contributed by atoms with Gasteiger partial charge in [0.15, 0.2) is 0 Å². The van der Waals surface area contributed by atoms with Crippen LogP contribution in [0.4, 0.5) is 17.2 Å². The molecule has 0 amide bonds. The van der Waals surface area contributed by atoms with Gasteiger partial charge in [0, 0.05) is 30.2 Å². The van der Waals surface area contributed by atoms with Gasteiger partial charge in [0.2, 0.25) is 11.7 Å². The fraction of sp³-hybridized carbons (Fsp3) is 0. The van der Waals surface area contributed by atoms with E-state index in [-0.39, 0.29) is 5.82 Å². The first-order chi connectivity index (χ1) is 13.6. The summed E-state index contributed by atoms with van der Waals surface area (Å²) in [6.07, 6.45) is 3.04. The summed E-state index contributed by atoms with van der Waals surface area (Å²) in [6.45, 7) is 0. The quantitative estimate of drug-likeness (QED) is 0.419. The van der Waals surface area contributed by atoms with Crippen LogP contribution in [0, 0.1) is 10.1 Å². The second-order valence-electron chi connectivity index (χ2n) is 5.72. The van der Waals surface area contributed by atoms with E-state index in [9.17, 15) is 14.9 Å². The van der Waals surface area contributed by atoms with Gasteiger partial charge in [0.05, 0.1) is 4.92 Å². The van der Waals surface area contributed by atoms with E-state index in [4.69, 9.17) is 4.74 Å². The molecule has 9 nitrogen and oxygen atoms in total. The Bertz CT molecular complexity index is 1220. The van der Waals surface area contributed by atoms with E-state index in [1.807, 2.05) is 0 Å². The predicted molar refractivity (Wildman–Crippen MR) is 102 cm³/mol. The molecule has 0 saturated heterocycles. The van der Waals surface area contributed by atoms with E-state index in [2.05, 4.69) is 15.3 Å². The third kappa shape index (κ3) is 3.36. The van der Waals surface area contributed by atoms with Crippen molar-refractivity contribution in [2.24, 2.45) is 0 Å². The average molecular weight is 375 g/mol. The molecule has 0 aliphatic carbocycles. The number of hydrogen-bond donors (Lipinski definition) is 1. The summed E-state index contributed by atoms with van der Waals surface area (Å²) in [5.41, 5.74) is -0.635. The zero-order valence-electron chi connectivity index (χ0n) is 14.4. The maximum atomic E-state index is 12.5. The fourth-order valence-corrected chi connectivity index (χ4v) is 2.63. The van der Waals surface area contributed by atoms with Gasteiger partial charge in [0.1, 0.15) is 11.4 Å². The first-order valence-corrected chi connectivity index (χ1v) is 8.23. The van der Waals surface area contributed by atoms with Crippen molar-refractivity contribution in [1.29, 1.82) is 0 Å². The summed E-state index contributed by atoms with van der Waals surface area (Å²) >= 11 is 0. The number of nitrogens with one attached hydrogen (secondary N) is 1. The van der Waals surface area contributed by atoms with E-state index in [1.54, 1.807) is 66.9 Å². The van der Waals surface area contributed by atoms with Crippen molar-refractivity contribution >= 4 is 22.8 Å². The average Bonchev–Trinajstić information content (AvgIpc) is 2.69. The van der Waals surface area contributed by atoms with Crippen molar-refractivity contribution < 1.29 is 9.66 Å². The minimum Gasteiger partial charge on any atom is -0.439 e. The monoisotopic (exact) mass is 375 g/mol. The Morgan fingerprint density at radius 2 is 1.93 bits per heavy atom. The molecule has 0 aliphatic heterocycles. The Morgan fingerprint density at radius 3 is 2.71 bits per heavy atom. The van der Waals surface area contributed by atoms with Crippen LogP contribution in [0.15, 0.2) is 77.9 Å². The number of ether oxygens (including phenoxy) is 1. The van der Waals surface area contributed by atoms with Gasteiger partial charge >= 0.3 is 11.2 Å². The molecule has 0 spiro atoms. The van der Waals surface area contributed by atoms with Crippen molar-refractivity contribution in [3.63, 3.8) is 0 Å². The van der Waals surface area contributed by atoms with Gasteiger partial charge in [-0.05, 0) is 30.3 Å². The molecule has 0 atom stereocenters. The minimum atomic E-state index is -0.765. The Labute approximate surface area is 158 Å². The third-order valence-corrected chi connectivity index (χ3v) is 3.85. The standard InChI is InChI=1S/C19H13N5O4/c25-19-17(24(26)27)18(22-15-8-2-4-11-23(15)19)21-13-6-5-7-14(12-13)28-16-9-1-3-10-20-16/h1-12,21H. The van der Waals surface area contributed by atoms with Crippen LogP contribution in [0.2, 0.25) is 0 Å². The van der Waals surface area contributed by atoms with Gasteiger partial charge in [-0.3, -0.25) is 19.3 Å². The van der Waals surface area contributed by atoms with Crippen LogP contribution in [0.3, 0.4) is 0 Å². The van der Waals surface area contributed by atoms with Crippen molar-refractivity contribution in [2.45, 2.75) is 0 Å². The van der Waals surface area contributed by atoms with E-state index in [1.165, 1.54) is 6.20 Å². The molecule has 0 unspecified atom stereocenters. The molecule has 138 valence electrons. The first kappa shape index (κ1) is 17.2. The number of pyridine rings is 2. The van der Waals surface area contributed by atoms with Crippen molar-refractivity contribution in [3.8, 4) is 11.6 Å². The molecule has 0 aliphatic rings. The molecule has 28 heavy (non-hydrogen) atoms. The van der Waals surface area contributed by atoms with Gasteiger partial charge in [-0.2, -0.15) is 0 Å². The lowest BCUT2D eigenvalue weighted by Gasteiger charge is -2.10. The summed E-state index contributed by atoms with van der Waals surface area (Å²) in [6, 6.07) is 16.9. The van der Waals surface area contributed by atoms with E-state index >= 15 is 0 Å². The minimum absolute atomic E-state index is 0.142. The van der Waals surface area contributed by atoms with Crippen LogP contribution >= 0.6 is 0 Å². The Kier molecular flexibility index (Phi) is 4.38. The smallest absolute Gasteiger partial charge is 0.376 e. The Balaban J connectivity index is 1.72. The van der Waals surface area contributed by atoms with Gasteiger partial charge in [-0.25, -0.2) is 9.97 Å². The number of nitrogens with zero attached hydrogens (tertiary/aromatic N) is 4. The molecule has 0 radical (unpaired) electrons. The number of hydrogen-bond acceptors (Lipinski definition) is 7. The van der Waals surface area contributed by atoms with Crippen molar-refractivity contribution in [3.05, 3.63) is 93.5 Å². The normalized spacial score (nSPS) is 10.6. The maximum absolute atomic E-state index is 12.5. The summed E-state index contributed by atoms with van der Waals surface area (Å²) in [5.74, 6) is 0.743. The molecular weight excluding hydrogens is 362 g/mol. The van der Waals surface area contributed by atoms with Crippen LogP contribution in [-0.2, 0) is 0 Å². The first-order valence-electron chi connectivity index (χ1n) is 8.23. The Hall–Kier alpha value is -4.27. The number of benzene rings is 1. The zero-order valence-corrected chi connectivity index (χ0v) is 14.4. The second kappa shape index (κ2) is 7.16. The van der Waals surface area contributed by atoms with Crippen LogP contribution in [0.25, 0.3) is 5.65 Å². The summed E-state index contributed by atoms with van der Waals surface area (Å²) in [4.78, 5) is 31.5. The SMILES string of the molecule is O=c1c([N+](=O)[O-])c(Nc2cccc(Oc3ccccn3)c2)nc2ccccn12. The number of rotatable bonds is 5. The number of nitro groups is 1. The topological polar surface area (TPSA) is 112 Å². The molecule has 4 rings (SSSR count). The van der Waals surface area contributed by atoms with Gasteiger partial charge in [-0.15, -0.1) is 0 Å². The number of anilines is 2. The molecule has 0 bridgehead atoms. The van der Waals surface area contributed by atoms with E-state index < -0.39 is 16.2 Å². The molecule has 0 saturated carbocycles. The highest BCUT2D eigenvalue weighted by molar-refractivity contribution is 5.68. The van der Waals surface area contributed by atoms with Crippen LogP contribution in [0.1, 0.15) is 0 Å². The molecule has 0 fully saturated rings. The molecule has 3 heterocycles. The highest BCUT2D eigenvalue weighted by Gasteiger charge is 2.23. The number of fused-ring (bicyclic) bond motifs is 1. The van der Waals surface area contributed by atoms with Crippen molar-refractivity contribution in [1.82, 2.24) is 14.4 Å². The Morgan fingerprint density at radius 1 is 1.07 bits per heavy atom. The van der Waals surface area contributed by atoms with Gasteiger partial charge in [-0.1, -0.05) is 18.2 Å². The van der Waals surface area contributed by atoms with Gasteiger partial charge in [0.25, 0.3) is 0 Å². The molecule has 9 heteroatoms. The summed E-state index contributed by atoms with van der Waals surface area (Å²) in [7, 11) is 0. The van der Waals surface area contributed by atoms with Gasteiger partial charge < -0.3 is 10.1 Å². The van der Waals surface area contributed by atoms with Crippen LogP contribution in [0.5, 0.6) is 11.6 Å². The maximum Gasteiger partial charge on any atom is 0.376 e. The fourth-order valence-electron chi connectivity index (χ4n) is 2.63. The lowest BCUT2D eigenvalue weighted by atomic mass is 10.3. The lowest BCUT2D eigenvalue weighted by molar-refractivity contribution is -0.385. The predicted octanol–water partition coefficient (Wildman–Crippen LogP) is 3.53. The lowest BCUT2D eigenvalue weighted by Crippen LogP contribution is -2.20. The highest BCUT2D eigenvalue weighted by atomic mass is 16.6. The number of aromatic nitrogens is 3. The van der Waals surface area contributed by atoms with E-state index in [0.717, 1.165) is 4.40 Å². The highest BCUT2D eigenvalue weighted by Crippen LogP contribution is 2.27. The van der Waals surface area contributed by atoms with Crippen LogP contribution in [-0.4, -0.2) is 19.3 Å².